The molecule has 0 radical (unpaired) electrons. The van der Waals surface area contributed by atoms with Crippen molar-refractivity contribution in [2.75, 3.05) is 11.1 Å². The number of benzene rings is 2. The monoisotopic (exact) mass is 325 g/mol. The van der Waals surface area contributed by atoms with E-state index in [4.69, 9.17) is 0 Å². The van der Waals surface area contributed by atoms with E-state index in [2.05, 4.69) is 31.8 Å². The minimum atomic E-state index is -0.0617. The Morgan fingerprint density at radius 2 is 1.96 bits per heavy atom. The van der Waals surface area contributed by atoms with Crippen LogP contribution in [0.5, 0.6) is 0 Å². The molecule has 0 aliphatic carbocycles. The number of hydrogen-bond donors (Lipinski definition) is 1. The molecule has 0 saturated carbocycles. The SMILES string of the molecule is C=CCSc1ccccc1C(=O)Nc1c(C)cccc1C(C)C. The first-order valence-corrected chi connectivity index (χ1v) is 8.76. The first-order chi connectivity index (χ1) is 11.0. The van der Waals surface area contributed by atoms with Crippen molar-refractivity contribution in [2.24, 2.45) is 0 Å². The number of nitrogens with one attached hydrogen (secondary N) is 1. The maximum atomic E-state index is 12.8. The zero-order valence-electron chi connectivity index (χ0n) is 13.9. The highest BCUT2D eigenvalue weighted by Gasteiger charge is 2.15. The fourth-order valence-electron chi connectivity index (χ4n) is 2.45. The van der Waals surface area contributed by atoms with Crippen LogP contribution in [-0.4, -0.2) is 11.7 Å². The fourth-order valence-corrected chi connectivity index (χ4v) is 3.24. The fraction of sp³-hybridized carbons (Fsp3) is 0.250. The van der Waals surface area contributed by atoms with Crippen LogP contribution in [0.15, 0.2) is 60.0 Å². The molecule has 120 valence electrons. The Labute approximate surface area is 143 Å². The maximum absolute atomic E-state index is 12.8. The summed E-state index contributed by atoms with van der Waals surface area (Å²) in [6.45, 7) is 10.0. The molecule has 0 fully saturated rings. The highest BCUT2D eigenvalue weighted by Crippen LogP contribution is 2.29. The molecule has 2 nitrogen and oxygen atoms in total. The molecule has 0 unspecified atom stereocenters. The lowest BCUT2D eigenvalue weighted by atomic mass is 9.98. The molecule has 2 aromatic carbocycles. The van der Waals surface area contributed by atoms with Gasteiger partial charge in [0.15, 0.2) is 0 Å². The first kappa shape index (κ1) is 17.4. The van der Waals surface area contributed by atoms with E-state index in [0.29, 0.717) is 11.5 Å². The molecular formula is C20H23NOS. The van der Waals surface area contributed by atoms with Crippen molar-refractivity contribution in [3.63, 3.8) is 0 Å². The van der Waals surface area contributed by atoms with Gasteiger partial charge in [-0.1, -0.05) is 50.3 Å². The second-order valence-corrected chi connectivity index (χ2v) is 6.81. The number of hydrogen-bond acceptors (Lipinski definition) is 2. The predicted octanol–water partition coefficient (Wildman–Crippen LogP) is 5.65. The lowest BCUT2D eigenvalue weighted by Crippen LogP contribution is -2.15. The molecule has 0 aliphatic heterocycles. The number of anilines is 1. The molecule has 23 heavy (non-hydrogen) atoms. The van der Waals surface area contributed by atoms with E-state index in [1.807, 2.05) is 49.4 Å². The van der Waals surface area contributed by atoms with Gasteiger partial charge in [0.1, 0.15) is 0 Å². The Balaban J connectivity index is 2.32. The van der Waals surface area contributed by atoms with Gasteiger partial charge in [0.2, 0.25) is 0 Å². The van der Waals surface area contributed by atoms with Gasteiger partial charge in [-0.2, -0.15) is 0 Å². The summed E-state index contributed by atoms with van der Waals surface area (Å²) in [6.07, 6.45) is 1.84. The zero-order valence-corrected chi connectivity index (χ0v) is 14.7. The van der Waals surface area contributed by atoms with E-state index in [9.17, 15) is 4.79 Å². The van der Waals surface area contributed by atoms with Crippen molar-refractivity contribution in [1.29, 1.82) is 0 Å². The molecule has 0 spiro atoms. The van der Waals surface area contributed by atoms with Crippen LogP contribution in [-0.2, 0) is 0 Å². The van der Waals surface area contributed by atoms with Gasteiger partial charge in [-0.3, -0.25) is 4.79 Å². The molecule has 0 saturated heterocycles. The third-order valence-electron chi connectivity index (χ3n) is 3.65. The first-order valence-electron chi connectivity index (χ1n) is 7.78. The molecule has 2 aromatic rings. The topological polar surface area (TPSA) is 29.1 Å². The van der Waals surface area contributed by atoms with E-state index in [1.54, 1.807) is 11.8 Å². The molecule has 1 amide bonds. The second kappa shape index (κ2) is 8.02. The summed E-state index contributed by atoms with van der Waals surface area (Å²) in [5, 5.41) is 3.12. The van der Waals surface area contributed by atoms with E-state index >= 15 is 0 Å². The molecule has 0 heterocycles. The molecule has 0 aromatic heterocycles. The van der Waals surface area contributed by atoms with Gasteiger partial charge in [0, 0.05) is 16.3 Å². The third kappa shape index (κ3) is 4.26. The number of carbonyl (C=O) groups is 1. The average Bonchev–Trinajstić information content (AvgIpc) is 2.54. The number of rotatable bonds is 6. The van der Waals surface area contributed by atoms with Crippen molar-refractivity contribution < 1.29 is 4.79 Å². The second-order valence-electron chi connectivity index (χ2n) is 5.74. The Hall–Kier alpha value is -2.00. The summed E-state index contributed by atoms with van der Waals surface area (Å²) >= 11 is 1.62. The van der Waals surface area contributed by atoms with E-state index in [0.717, 1.165) is 27.5 Å². The predicted molar refractivity (Wildman–Crippen MR) is 101 cm³/mol. The smallest absolute Gasteiger partial charge is 0.256 e. The summed E-state index contributed by atoms with van der Waals surface area (Å²) < 4.78 is 0. The quantitative estimate of drug-likeness (QED) is 0.549. The van der Waals surface area contributed by atoms with Crippen LogP contribution in [0, 0.1) is 6.92 Å². The molecule has 3 heteroatoms. The molecule has 0 atom stereocenters. The van der Waals surface area contributed by atoms with E-state index in [-0.39, 0.29) is 5.91 Å². The van der Waals surface area contributed by atoms with Crippen LogP contribution >= 0.6 is 11.8 Å². The van der Waals surface area contributed by atoms with Crippen molar-refractivity contribution in [3.8, 4) is 0 Å². The molecule has 0 aliphatic rings. The standard InChI is InChI=1S/C20H23NOS/c1-5-13-23-18-12-7-6-10-17(18)20(22)21-19-15(4)9-8-11-16(19)14(2)3/h5-12,14H,1,13H2,2-4H3,(H,21,22). The van der Waals surface area contributed by atoms with Crippen LogP contribution in [0.25, 0.3) is 0 Å². The highest BCUT2D eigenvalue weighted by atomic mass is 32.2. The van der Waals surface area contributed by atoms with E-state index in [1.165, 1.54) is 0 Å². The normalized spacial score (nSPS) is 10.6. The number of para-hydroxylation sites is 1. The van der Waals surface area contributed by atoms with Gasteiger partial charge in [-0.15, -0.1) is 18.3 Å². The van der Waals surface area contributed by atoms with Crippen LogP contribution < -0.4 is 5.32 Å². The Bertz CT molecular complexity index is 707. The molecular weight excluding hydrogens is 302 g/mol. The van der Waals surface area contributed by atoms with Gasteiger partial charge in [-0.05, 0) is 36.1 Å². The Morgan fingerprint density at radius 1 is 1.22 bits per heavy atom. The van der Waals surface area contributed by atoms with Gasteiger partial charge >= 0.3 is 0 Å². The largest absolute Gasteiger partial charge is 0.321 e. The Morgan fingerprint density at radius 3 is 2.65 bits per heavy atom. The van der Waals surface area contributed by atoms with Crippen molar-refractivity contribution in [1.82, 2.24) is 0 Å². The molecule has 0 bridgehead atoms. The summed E-state index contributed by atoms with van der Waals surface area (Å²) in [6, 6.07) is 13.8. The van der Waals surface area contributed by atoms with Crippen LogP contribution in [0.4, 0.5) is 5.69 Å². The summed E-state index contributed by atoms with van der Waals surface area (Å²) in [7, 11) is 0. The maximum Gasteiger partial charge on any atom is 0.256 e. The average molecular weight is 325 g/mol. The van der Waals surface area contributed by atoms with Crippen LogP contribution in [0.3, 0.4) is 0 Å². The number of carbonyl (C=O) groups excluding carboxylic acids is 1. The van der Waals surface area contributed by atoms with Crippen LogP contribution in [0.2, 0.25) is 0 Å². The van der Waals surface area contributed by atoms with Gasteiger partial charge in [0.25, 0.3) is 5.91 Å². The summed E-state index contributed by atoms with van der Waals surface area (Å²) in [5.74, 6) is 1.08. The minimum Gasteiger partial charge on any atom is -0.321 e. The summed E-state index contributed by atoms with van der Waals surface area (Å²) in [4.78, 5) is 13.8. The third-order valence-corrected chi connectivity index (χ3v) is 4.72. The number of aryl methyl sites for hydroxylation is 1. The zero-order chi connectivity index (χ0) is 16.8. The highest BCUT2D eigenvalue weighted by molar-refractivity contribution is 7.99. The van der Waals surface area contributed by atoms with Crippen LogP contribution in [0.1, 0.15) is 41.3 Å². The molecule has 2 rings (SSSR count). The molecule has 1 N–H and O–H groups in total. The number of thioether (sulfide) groups is 1. The van der Waals surface area contributed by atoms with Gasteiger partial charge in [-0.25, -0.2) is 0 Å². The van der Waals surface area contributed by atoms with E-state index < -0.39 is 0 Å². The lowest BCUT2D eigenvalue weighted by molar-refractivity contribution is 0.102. The lowest BCUT2D eigenvalue weighted by Gasteiger charge is -2.17. The van der Waals surface area contributed by atoms with Crippen molar-refractivity contribution >= 4 is 23.4 Å². The van der Waals surface area contributed by atoms with Gasteiger partial charge < -0.3 is 5.32 Å². The van der Waals surface area contributed by atoms with Crippen molar-refractivity contribution in [2.45, 2.75) is 31.6 Å². The number of amides is 1. The van der Waals surface area contributed by atoms with Crippen molar-refractivity contribution in [3.05, 3.63) is 71.8 Å². The Kier molecular flexibility index (Phi) is 6.05. The van der Waals surface area contributed by atoms with Gasteiger partial charge in [0.05, 0.1) is 5.56 Å². The summed E-state index contributed by atoms with van der Waals surface area (Å²) in [5.41, 5.74) is 3.88. The minimum absolute atomic E-state index is 0.0617.